The molecule has 0 heterocycles. The van der Waals surface area contributed by atoms with Crippen molar-refractivity contribution in [3.8, 4) is 5.75 Å². The van der Waals surface area contributed by atoms with Crippen molar-refractivity contribution in [1.82, 2.24) is 0 Å². The average molecular weight is 513 g/mol. The third-order valence-electron chi connectivity index (χ3n) is 8.06. The monoisotopic (exact) mass is 512 g/mol. The summed E-state index contributed by atoms with van der Waals surface area (Å²) >= 11 is 0. The van der Waals surface area contributed by atoms with Gasteiger partial charge in [0.05, 0.1) is 16.8 Å². The van der Waals surface area contributed by atoms with Crippen molar-refractivity contribution >= 4 is 28.7 Å². The minimum absolute atomic E-state index is 0.0460. The predicted octanol–water partition coefficient (Wildman–Crippen LogP) is 2.23. The quantitative estimate of drug-likeness (QED) is 0.432. The molecule has 1 aromatic rings. The molecule has 5 aliphatic rings. The van der Waals surface area contributed by atoms with Crippen molar-refractivity contribution < 1.29 is 39.6 Å². The van der Waals surface area contributed by atoms with Gasteiger partial charge in [-0.15, -0.1) is 0 Å². The number of hydrogen-bond acceptors (Lipinski definition) is 7. The molecule has 8 nitrogen and oxygen atoms in total. The van der Waals surface area contributed by atoms with Crippen LogP contribution in [0.1, 0.15) is 55.5 Å². The fourth-order valence-corrected chi connectivity index (χ4v) is 6.62. The van der Waals surface area contributed by atoms with Crippen LogP contribution in [0.25, 0.3) is 5.57 Å². The SMILES string of the molecule is CC1(O)CC(=O)C2=C(C=C3C=CC(C4=C5CC(C)(O)CC(=O)C5C(=O)c5c([O-])cccc54)=C([O])C3C2=O)C1. The van der Waals surface area contributed by atoms with Crippen LogP contribution in [0.15, 0.2) is 70.1 Å². The molecule has 0 bridgehead atoms. The van der Waals surface area contributed by atoms with Crippen LogP contribution in [0.3, 0.4) is 0 Å². The molecule has 0 aromatic heterocycles. The third kappa shape index (κ3) is 3.44. The predicted molar refractivity (Wildman–Crippen MR) is 131 cm³/mol. The second-order valence-corrected chi connectivity index (χ2v) is 11.4. The zero-order chi connectivity index (χ0) is 27.3. The molecule has 0 saturated heterocycles. The molecule has 4 unspecified atom stereocenters. The zero-order valence-corrected chi connectivity index (χ0v) is 20.8. The smallest absolute Gasteiger partial charge is 0.181 e. The van der Waals surface area contributed by atoms with Crippen LogP contribution < -0.4 is 5.11 Å². The van der Waals surface area contributed by atoms with Gasteiger partial charge in [0.25, 0.3) is 0 Å². The molecular weight excluding hydrogens is 488 g/mol. The van der Waals surface area contributed by atoms with E-state index in [1.807, 2.05) is 0 Å². The number of fused-ring (bicyclic) bond motifs is 3. The van der Waals surface area contributed by atoms with Gasteiger partial charge in [0.1, 0.15) is 11.8 Å². The Morgan fingerprint density at radius 3 is 2.32 bits per heavy atom. The average Bonchev–Trinajstić information content (AvgIpc) is 2.77. The molecule has 4 atom stereocenters. The highest BCUT2D eigenvalue weighted by molar-refractivity contribution is 6.25. The molecule has 1 saturated carbocycles. The summed E-state index contributed by atoms with van der Waals surface area (Å²) in [5.74, 6) is -6.15. The molecule has 1 fully saturated rings. The number of carbonyl (C=O) groups is 4. The van der Waals surface area contributed by atoms with E-state index in [0.717, 1.165) is 0 Å². The normalized spacial score (nSPS) is 32.7. The van der Waals surface area contributed by atoms with Gasteiger partial charge in [-0.2, -0.15) is 0 Å². The lowest BCUT2D eigenvalue weighted by Gasteiger charge is -2.40. The van der Waals surface area contributed by atoms with E-state index in [1.165, 1.54) is 38.1 Å². The van der Waals surface area contributed by atoms with Gasteiger partial charge in [0.15, 0.2) is 28.9 Å². The third-order valence-corrected chi connectivity index (χ3v) is 8.06. The summed E-state index contributed by atoms with van der Waals surface area (Å²) in [5.41, 5.74) is -1.55. The molecule has 0 spiro atoms. The first-order chi connectivity index (χ1) is 17.8. The van der Waals surface area contributed by atoms with Gasteiger partial charge in [-0.25, -0.2) is 0 Å². The minimum Gasteiger partial charge on any atom is -0.872 e. The van der Waals surface area contributed by atoms with Crippen molar-refractivity contribution in [1.29, 1.82) is 0 Å². The molecule has 1 aromatic carbocycles. The van der Waals surface area contributed by atoms with Crippen molar-refractivity contribution in [3.05, 3.63) is 81.2 Å². The van der Waals surface area contributed by atoms with Gasteiger partial charge < -0.3 is 15.3 Å². The Labute approximate surface area is 218 Å². The summed E-state index contributed by atoms with van der Waals surface area (Å²) in [6.45, 7) is 3.00. The van der Waals surface area contributed by atoms with E-state index >= 15 is 0 Å². The number of hydrogen-bond donors (Lipinski definition) is 2. The molecule has 8 heteroatoms. The molecule has 6 rings (SSSR count). The second kappa shape index (κ2) is 7.82. The van der Waals surface area contributed by atoms with E-state index in [0.29, 0.717) is 11.1 Å². The zero-order valence-electron chi connectivity index (χ0n) is 20.8. The Hall–Kier alpha value is -3.88. The van der Waals surface area contributed by atoms with Crippen LogP contribution in [0, 0.1) is 11.8 Å². The number of allylic oxidation sites excluding steroid dienone is 7. The van der Waals surface area contributed by atoms with E-state index in [1.54, 1.807) is 12.2 Å². The Bertz CT molecular complexity index is 1560. The summed E-state index contributed by atoms with van der Waals surface area (Å²) in [7, 11) is 0. The molecule has 2 N–H and O–H groups in total. The highest BCUT2D eigenvalue weighted by atomic mass is 16.3. The van der Waals surface area contributed by atoms with Crippen molar-refractivity contribution in [2.75, 3.05) is 0 Å². The van der Waals surface area contributed by atoms with Gasteiger partial charge >= 0.3 is 0 Å². The van der Waals surface area contributed by atoms with Crippen molar-refractivity contribution in [2.45, 2.75) is 50.7 Å². The molecular formula is C30H24O8-. The Morgan fingerprint density at radius 1 is 0.868 bits per heavy atom. The van der Waals surface area contributed by atoms with E-state index in [-0.39, 0.29) is 59.1 Å². The molecule has 0 amide bonds. The number of Topliss-reactive ketones (excluding diaryl/α,β-unsaturated/α-hetero) is 4. The summed E-state index contributed by atoms with van der Waals surface area (Å²) in [5, 5.41) is 48.0. The van der Waals surface area contributed by atoms with E-state index < -0.39 is 57.7 Å². The number of rotatable bonds is 1. The Kier molecular flexibility index (Phi) is 5.03. The maximum atomic E-state index is 14.0. The fraction of sp³-hybridized carbons (Fsp3) is 0.333. The van der Waals surface area contributed by atoms with Crippen LogP contribution in [0.5, 0.6) is 5.75 Å². The number of aliphatic hydroxyl groups is 2. The van der Waals surface area contributed by atoms with E-state index in [9.17, 15) is 39.6 Å². The Morgan fingerprint density at radius 2 is 1.58 bits per heavy atom. The molecule has 5 aliphatic carbocycles. The largest absolute Gasteiger partial charge is 0.872 e. The first-order valence-corrected chi connectivity index (χ1v) is 12.5. The first kappa shape index (κ1) is 24.5. The minimum atomic E-state index is -1.46. The van der Waals surface area contributed by atoms with Crippen LogP contribution >= 0.6 is 0 Å². The van der Waals surface area contributed by atoms with E-state index in [4.69, 9.17) is 0 Å². The topological polar surface area (TPSA) is 152 Å². The van der Waals surface area contributed by atoms with Gasteiger partial charge in [-0.05, 0) is 48.1 Å². The Balaban J connectivity index is 1.57. The van der Waals surface area contributed by atoms with Gasteiger partial charge in [-0.3, -0.25) is 24.3 Å². The van der Waals surface area contributed by atoms with Crippen LogP contribution in [0.4, 0.5) is 0 Å². The van der Waals surface area contributed by atoms with Crippen LogP contribution in [0.2, 0.25) is 0 Å². The van der Waals surface area contributed by atoms with Crippen molar-refractivity contribution in [3.63, 3.8) is 0 Å². The summed E-state index contributed by atoms with van der Waals surface area (Å²) in [6, 6.07) is 4.20. The molecule has 193 valence electrons. The van der Waals surface area contributed by atoms with Gasteiger partial charge in [0, 0.05) is 30.4 Å². The fourth-order valence-electron chi connectivity index (χ4n) is 6.62. The summed E-state index contributed by atoms with van der Waals surface area (Å²) in [6.07, 6.45) is 4.21. The lowest BCUT2D eigenvalue weighted by Crippen LogP contribution is -2.44. The number of ketones is 4. The number of carbonyl (C=O) groups excluding carboxylic acids is 4. The maximum Gasteiger partial charge on any atom is 0.181 e. The van der Waals surface area contributed by atoms with Gasteiger partial charge in [-0.1, -0.05) is 42.2 Å². The first-order valence-electron chi connectivity index (χ1n) is 12.5. The van der Waals surface area contributed by atoms with E-state index in [2.05, 4.69) is 0 Å². The van der Waals surface area contributed by atoms with Crippen LogP contribution in [-0.2, 0) is 19.5 Å². The standard InChI is InChI=1S/C30H25O8/c1-29(37)9-14-8-13-6-7-16(26(34)22(13)27(35)21(14)19(32)11-29)23-15-4-3-5-18(31)24(15)28(36)25-17(23)10-30(2,38)12-20(25)33/h3-8,22,25,31,37-38H,9-12H2,1-2H3/p-1. The lowest BCUT2D eigenvalue weighted by molar-refractivity contribution is -0.268. The van der Waals surface area contributed by atoms with Crippen LogP contribution in [-0.4, -0.2) is 44.5 Å². The summed E-state index contributed by atoms with van der Waals surface area (Å²) < 4.78 is 0. The highest BCUT2D eigenvalue weighted by Gasteiger charge is 2.49. The molecule has 38 heavy (non-hydrogen) atoms. The van der Waals surface area contributed by atoms with Gasteiger partial charge in [0.2, 0.25) is 0 Å². The summed E-state index contributed by atoms with van der Waals surface area (Å²) in [4.78, 5) is 52.8. The lowest BCUT2D eigenvalue weighted by atomic mass is 9.64. The van der Waals surface area contributed by atoms with Crippen molar-refractivity contribution in [2.24, 2.45) is 11.8 Å². The maximum absolute atomic E-state index is 14.0. The second-order valence-electron chi connectivity index (χ2n) is 11.4. The highest BCUT2D eigenvalue weighted by Crippen LogP contribution is 2.51. The molecule has 0 aliphatic heterocycles. The number of benzene rings is 1. The molecule has 1 radical (unpaired) electrons.